The Morgan fingerprint density at radius 3 is 2.52 bits per heavy atom. The van der Waals surface area contributed by atoms with Gasteiger partial charge in [0, 0.05) is 23.5 Å². The van der Waals surface area contributed by atoms with Crippen LogP contribution >= 0.6 is 0 Å². The number of fused-ring (bicyclic) bond motifs is 1. The van der Waals surface area contributed by atoms with E-state index in [4.69, 9.17) is 0 Å². The first kappa shape index (κ1) is 15.6. The summed E-state index contributed by atoms with van der Waals surface area (Å²) in [6.45, 7) is 13.4. The predicted molar refractivity (Wildman–Crippen MR) is 94.4 cm³/mol. The molecule has 0 aromatic heterocycles. The van der Waals surface area contributed by atoms with Crippen LogP contribution in [0.1, 0.15) is 46.1 Å². The highest BCUT2D eigenvalue weighted by atomic mass is 15.1. The summed E-state index contributed by atoms with van der Waals surface area (Å²) >= 11 is 0. The van der Waals surface area contributed by atoms with Crippen LogP contribution < -0.4 is 4.90 Å². The molecule has 1 nitrogen and oxygen atoms in total. The van der Waals surface area contributed by atoms with Crippen LogP contribution in [0.3, 0.4) is 0 Å². The van der Waals surface area contributed by atoms with Gasteiger partial charge in [0.2, 0.25) is 0 Å². The maximum atomic E-state index is 4.20. The molecule has 0 aliphatic carbocycles. The Morgan fingerprint density at radius 2 is 1.86 bits per heavy atom. The summed E-state index contributed by atoms with van der Waals surface area (Å²) in [5.74, 6) is 0. The van der Waals surface area contributed by atoms with E-state index >= 15 is 0 Å². The van der Waals surface area contributed by atoms with Gasteiger partial charge in [-0.2, -0.15) is 0 Å². The van der Waals surface area contributed by atoms with Crippen molar-refractivity contribution in [2.45, 2.75) is 46.6 Å². The van der Waals surface area contributed by atoms with E-state index in [2.05, 4.69) is 87.9 Å². The Hall–Kier alpha value is -1.76. The van der Waals surface area contributed by atoms with E-state index in [-0.39, 0.29) is 0 Å². The zero-order valence-electron chi connectivity index (χ0n) is 13.8. The van der Waals surface area contributed by atoms with Gasteiger partial charge in [0.15, 0.2) is 0 Å². The largest absolute Gasteiger partial charge is 0.344 e. The fourth-order valence-corrected chi connectivity index (χ4v) is 2.92. The Morgan fingerprint density at radius 1 is 1.14 bits per heavy atom. The second kappa shape index (κ2) is 6.34. The number of para-hydroxylation sites is 1. The van der Waals surface area contributed by atoms with Gasteiger partial charge in [0.05, 0.1) is 0 Å². The van der Waals surface area contributed by atoms with Crippen LogP contribution in [0.25, 0.3) is 5.57 Å². The lowest BCUT2D eigenvalue weighted by Crippen LogP contribution is -2.34. The lowest BCUT2D eigenvalue weighted by molar-refractivity contribution is 0.332. The molecule has 1 heteroatoms. The summed E-state index contributed by atoms with van der Waals surface area (Å²) in [5, 5.41) is 0. The third kappa shape index (κ3) is 3.87. The van der Waals surface area contributed by atoms with Gasteiger partial charge in [-0.15, -0.1) is 0 Å². The minimum Gasteiger partial charge on any atom is -0.344 e. The minimum absolute atomic E-state index is 0.318. The number of allylic oxidation sites excluding steroid dienone is 4. The molecule has 0 bridgehead atoms. The second-order valence-electron chi connectivity index (χ2n) is 6.98. The van der Waals surface area contributed by atoms with Crippen molar-refractivity contribution in [1.82, 2.24) is 0 Å². The molecule has 1 aliphatic heterocycles. The Balaban J connectivity index is 2.45. The molecule has 0 saturated heterocycles. The SMILES string of the molecule is C=C1/C=C\C=C/N(C(CC)CC(C)(C)C)c2ccccc21. The molecule has 1 heterocycles. The Kier molecular flexibility index (Phi) is 4.72. The van der Waals surface area contributed by atoms with E-state index in [0.717, 1.165) is 12.0 Å². The summed E-state index contributed by atoms with van der Waals surface area (Å²) in [5.41, 5.74) is 3.88. The van der Waals surface area contributed by atoms with Crippen molar-refractivity contribution in [3.8, 4) is 0 Å². The van der Waals surface area contributed by atoms with E-state index in [1.54, 1.807) is 0 Å². The first-order valence-electron chi connectivity index (χ1n) is 7.84. The lowest BCUT2D eigenvalue weighted by atomic mass is 9.86. The zero-order valence-corrected chi connectivity index (χ0v) is 13.8. The molecule has 2 rings (SSSR count). The third-order valence-electron chi connectivity index (χ3n) is 3.90. The average molecular weight is 281 g/mol. The topological polar surface area (TPSA) is 3.24 Å². The number of rotatable bonds is 3. The smallest absolute Gasteiger partial charge is 0.0488 e. The van der Waals surface area contributed by atoms with Crippen molar-refractivity contribution in [2.75, 3.05) is 4.90 Å². The highest BCUT2D eigenvalue weighted by molar-refractivity contribution is 5.82. The van der Waals surface area contributed by atoms with Crippen LogP contribution in [0.2, 0.25) is 0 Å². The molecule has 1 aromatic carbocycles. The van der Waals surface area contributed by atoms with E-state index in [1.807, 2.05) is 0 Å². The van der Waals surface area contributed by atoms with Crippen LogP contribution in [0.5, 0.6) is 0 Å². The molecule has 21 heavy (non-hydrogen) atoms. The molecule has 0 fully saturated rings. The van der Waals surface area contributed by atoms with Gasteiger partial charge in [-0.1, -0.05) is 64.6 Å². The predicted octanol–water partition coefficient (Wildman–Crippen LogP) is 5.80. The van der Waals surface area contributed by atoms with Crippen molar-refractivity contribution in [3.63, 3.8) is 0 Å². The van der Waals surface area contributed by atoms with Gasteiger partial charge >= 0.3 is 0 Å². The molecule has 1 aliphatic rings. The number of anilines is 1. The molecule has 0 radical (unpaired) electrons. The van der Waals surface area contributed by atoms with Crippen molar-refractivity contribution in [3.05, 3.63) is 60.8 Å². The molecule has 1 aromatic rings. The number of hydrogen-bond donors (Lipinski definition) is 0. The summed E-state index contributed by atoms with van der Waals surface area (Å²) in [6, 6.07) is 9.07. The van der Waals surface area contributed by atoms with Gasteiger partial charge in [0.25, 0.3) is 0 Å². The second-order valence-corrected chi connectivity index (χ2v) is 6.98. The molecule has 0 saturated carbocycles. The standard InChI is InChI=1S/C20H27N/c1-6-17(15-20(3,4)5)21-14-10-9-11-16(2)18-12-7-8-13-19(18)21/h7-14,17H,2,6,15H2,1,3-5H3/b11-9-,14-10-. The number of hydrogen-bond acceptors (Lipinski definition) is 1. The maximum Gasteiger partial charge on any atom is 0.0488 e. The Bertz CT molecular complexity index is 557. The minimum atomic E-state index is 0.318. The molecular weight excluding hydrogens is 254 g/mol. The van der Waals surface area contributed by atoms with Crippen LogP contribution in [0.4, 0.5) is 5.69 Å². The average Bonchev–Trinajstić information content (AvgIpc) is 2.42. The monoisotopic (exact) mass is 281 g/mol. The van der Waals surface area contributed by atoms with Crippen molar-refractivity contribution < 1.29 is 0 Å². The molecular formula is C20H27N. The Labute approximate surface area is 129 Å². The van der Waals surface area contributed by atoms with E-state index < -0.39 is 0 Å². The summed E-state index contributed by atoms with van der Waals surface area (Å²) < 4.78 is 0. The lowest BCUT2D eigenvalue weighted by Gasteiger charge is -2.36. The maximum absolute atomic E-state index is 4.20. The highest BCUT2D eigenvalue weighted by Gasteiger charge is 2.24. The van der Waals surface area contributed by atoms with E-state index in [0.29, 0.717) is 11.5 Å². The van der Waals surface area contributed by atoms with E-state index in [9.17, 15) is 0 Å². The molecule has 1 unspecified atom stereocenters. The van der Waals surface area contributed by atoms with Crippen LogP contribution in [0.15, 0.2) is 55.3 Å². The summed E-state index contributed by atoms with van der Waals surface area (Å²) in [7, 11) is 0. The highest BCUT2D eigenvalue weighted by Crippen LogP contribution is 2.34. The quantitative estimate of drug-likeness (QED) is 0.676. The first-order chi connectivity index (χ1) is 9.92. The first-order valence-corrected chi connectivity index (χ1v) is 7.84. The fraction of sp³-hybridized carbons (Fsp3) is 0.400. The van der Waals surface area contributed by atoms with Crippen molar-refractivity contribution >= 4 is 11.3 Å². The molecule has 1 atom stereocenters. The number of nitrogens with zero attached hydrogens (tertiary/aromatic N) is 1. The molecule has 0 amide bonds. The molecule has 112 valence electrons. The van der Waals surface area contributed by atoms with Crippen LogP contribution in [-0.2, 0) is 0 Å². The van der Waals surface area contributed by atoms with Gasteiger partial charge < -0.3 is 4.90 Å². The van der Waals surface area contributed by atoms with Gasteiger partial charge in [0.1, 0.15) is 0 Å². The van der Waals surface area contributed by atoms with Crippen LogP contribution in [-0.4, -0.2) is 6.04 Å². The van der Waals surface area contributed by atoms with Gasteiger partial charge in [-0.25, -0.2) is 0 Å². The van der Waals surface area contributed by atoms with Gasteiger partial charge in [-0.3, -0.25) is 0 Å². The van der Waals surface area contributed by atoms with Gasteiger partial charge in [-0.05, 0) is 36.0 Å². The summed E-state index contributed by atoms with van der Waals surface area (Å²) in [6.07, 6.45) is 10.8. The molecule has 0 N–H and O–H groups in total. The molecule has 0 spiro atoms. The summed E-state index contributed by atoms with van der Waals surface area (Å²) in [4.78, 5) is 2.43. The van der Waals surface area contributed by atoms with Crippen molar-refractivity contribution in [2.24, 2.45) is 5.41 Å². The van der Waals surface area contributed by atoms with E-state index in [1.165, 1.54) is 17.7 Å². The van der Waals surface area contributed by atoms with Crippen LogP contribution in [0, 0.1) is 5.41 Å². The number of benzene rings is 1. The van der Waals surface area contributed by atoms with Crippen molar-refractivity contribution in [1.29, 1.82) is 0 Å². The normalized spacial score (nSPS) is 19.4. The zero-order chi connectivity index (χ0) is 15.5. The fourth-order valence-electron chi connectivity index (χ4n) is 2.92. The third-order valence-corrected chi connectivity index (χ3v) is 3.90.